The Morgan fingerprint density at radius 1 is 1.05 bits per heavy atom. The Kier molecular flexibility index (Phi) is 6.66. The molecule has 0 unspecified atom stereocenters. The minimum atomic E-state index is -4.42. The SMILES string of the molecule is CC(C)CN(C)Cc1ccc2nc(C(=O)Nc3nc4cc(-c5cccc(C(F)(F)F)c5)ccc4[nH]3)cn2c1. The van der Waals surface area contributed by atoms with Crippen molar-refractivity contribution in [3.63, 3.8) is 0 Å². The van der Waals surface area contributed by atoms with Crippen molar-refractivity contribution in [2.45, 2.75) is 26.6 Å². The molecule has 3 aromatic heterocycles. The molecule has 0 spiro atoms. The summed E-state index contributed by atoms with van der Waals surface area (Å²) in [4.78, 5) is 27.0. The summed E-state index contributed by atoms with van der Waals surface area (Å²) in [7, 11) is 2.08. The first-order chi connectivity index (χ1) is 18.0. The summed E-state index contributed by atoms with van der Waals surface area (Å²) in [5, 5.41) is 2.73. The Labute approximate surface area is 217 Å². The topological polar surface area (TPSA) is 78.3 Å². The first-order valence-electron chi connectivity index (χ1n) is 12.2. The number of hydrogen-bond donors (Lipinski definition) is 2. The number of fused-ring (bicyclic) bond motifs is 2. The van der Waals surface area contributed by atoms with E-state index in [1.165, 1.54) is 6.07 Å². The van der Waals surface area contributed by atoms with Crippen molar-refractivity contribution >= 4 is 28.5 Å². The van der Waals surface area contributed by atoms with Crippen molar-refractivity contribution < 1.29 is 18.0 Å². The van der Waals surface area contributed by atoms with Gasteiger partial charge in [-0.15, -0.1) is 0 Å². The number of halogens is 3. The number of pyridine rings is 1. The van der Waals surface area contributed by atoms with E-state index >= 15 is 0 Å². The molecule has 3 heterocycles. The number of hydrogen-bond acceptors (Lipinski definition) is 4. The molecule has 0 aliphatic carbocycles. The predicted molar refractivity (Wildman–Crippen MR) is 141 cm³/mol. The van der Waals surface area contributed by atoms with Crippen LogP contribution < -0.4 is 5.32 Å². The molecular weight excluding hydrogens is 493 g/mol. The summed E-state index contributed by atoms with van der Waals surface area (Å²) in [5.74, 6) is 0.362. The highest BCUT2D eigenvalue weighted by Gasteiger charge is 2.30. The van der Waals surface area contributed by atoms with Gasteiger partial charge in [-0.3, -0.25) is 10.1 Å². The molecule has 5 rings (SSSR count). The maximum Gasteiger partial charge on any atom is 0.416 e. The largest absolute Gasteiger partial charge is 0.416 e. The minimum Gasteiger partial charge on any atom is -0.324 e. The maximum absolute atomic E-state index is 13.1. The number of carbonyl (C=O) groups is 1. The molecule has 5 aromatic rings. The van der Waals surface area contributed by atoms with Crippen molar-refractivity contribution in [3.8, 4) is 11.1 Å². The second-order valence-corrected chi connectivity index (χ2v) is 9.87. The van der Waals surface area contributed by atoms with Gasteiger partial charge in [-0.25, -0.2) is 9.97 Å². The predicted octanol–water partition coefficient (Wildman–Crippen LogP) is 6.24. The Hall–Kier alpha value is -4.18. The van der Waals surface area contributed by atoms with Crippen LogP contribution in [-0.2, 0) is 12.7 Å². The third-order valence-corrected chi connectivity index (χ3v) is 6.11. The number of nitrogens with zero attached hydrogens (tertiary/aromatic N) is 4. The Balaban J connectivity index is 1.33. The zero-order chi connectivity index (χ0) is 27.0. The molecule has 0 radical (unpaired) electrons. The van der Waals surface area contributed by atoms with E-state index < -0.39 is 17.6 Å². The van der Waals surface area contributed by atoms with Gasteiger partial charge in [0, 0.05) is 25.5 Å². The van der Waals surface area contributed by atoms with Crippen LogP contribution in [0.25, 0.3) is 27.8 Å². The smallest absolute Gasteiger partial charge is 0.324 e. The van der Waals surface area contributed by atoms with Gasteiger partial charge in [0.25, 0.3) is 5.91 Å². The van der Waals surface area contributed by atoms with Gasteiger partial charge in [0.2, 0.25) is 5.95 Å². The van der Waals surface area contributed by atoms with Crippen molar-refractivity contribution in [1.29, 1.82) is 0 Å². The molecule has 0 atom stereocenters. The van der Waals surface area contributed by atoms with Gasteiger partial charge in [-0.1, -0.05) is 38.1 Å². The number of nitrogens with one attached hydrogen (secondary N) is 2. The lowest BCUT2D eigenvalue weighted by Crippen LogP contribution is -2.22. The number of amides is 1. The number of aromatic nitrogens is 4. The molecule has 0 saturated carbocycles. The lowest BCUT2D eigenvalue weighted by Gasteiger charge is -2.18. The van der Waals surface area contributed by atoms with E-state index in [2.05, 4.69) is 46.1 Å². The number of carbonyl (C=O) groups excluding carboxylic acids is 1. The Morgan fingerprint density at radius 3 is 2.61 bits per heavy atom. The lowest BCUT2D eigenvalue weighted by molar-refractivity contribution is -0.137. The summed E-state index contributed by atoms with van der Waals surface area (Å²) >= 11 is 0. The van der Waals surface area contributed by atoms with Crippen molar-refractivity contribution in [2.75, 3.05) is 18.9 Å². The van der Waals surface area contributed by atoms with E-state index in [1.807, 2.05) is 22.7 Å². The van der Waals surface area contributed by atoms with Gasteiger partial charge in [-0.2, -0.15) is 13.2 Å². The molecule has 10 heteroatoms. The van der Waals surface area contributed by atoms with E-state index in [-0.39, 0.29) is 11.6 Å². The van der Waals surface area contributed by atoms with Crippen LogP contribution in [0, 0.1) is 5.92 Å². The molecule has 38 heavy (non-hydrogen) atoms. The van der Waals surface area contributed by atoms with Gasteiger partial charge in [0.1, 0.15) is 11.3 Å². The third kappa shape index (κ3) is 5.55. The molecule has 0 saturated heterocycles. The molecule has 2 aromatic carbocycles. The number of benzene rings is 2. The average Bonchev–Trinajstić information content (AvgIpc) is 3.45. The quantitative estimate of drug-likeness (QED) is 0.266. The highest BCUT2D eigenvalue weighted by molar-refractivity contribution is 6.03. The zero-order valence-electron chi connectivity index (χ0n) is 21.2. The number of anilines is 1. The van der Waals surface area contributed by atoms with E-state index in [4.69, 9.17) is 0 Å². The summed E-state index contributed by atoms with van der Waals surface area (Å²) in [6.45, 7) is 6.12. The fourth-order valence-corrected chi connectivity index (χ4v) is 4.53. The van der Waals surface area contributed by atoms with Crippen LogP contribution in [0.5, 0.6) is 0 Å². The Morgan fingerprint density at radius 2 is 1.84 bits per heavy atom. The van der Waals surface area contributed by atoms with Crippen molar-refractivity contribution in [2.24, 2.45) is 5.92 Å². The van der Waals surface area contributed by atoms with E-state index in [0.717, 1.165) is 30.8 Å². The minimum absolute atomic E-state index is 0.222. The van der Waals surface area contributed by atoms with Gasteiger partial charge in [0.15, 0.2) is 0 Å². The molecule has 1 amide bonds. The van der Waals surface area contributed by atoms with Crippen LogP contribution in [0.15, 0.2) is 67.0 Å². The number of aromatic amines is 1. The number of imidazole rings is 2. The molecular formula is C28H27F3N6O. The van der Waals surface area contributed by atoms with Gasteiger partial charge in [-0.05, 0) is 60.0 Å². The van der Waals surface area contributed by atoms with Crippen LogP contribution in [0.2, 0.25) is 0 Å². The highest BCUT2D eigenvalue weighted by Crippen LogP contribution is 2.33. The standard InChI is InChI=1S/C28H27F3N6O/c1-17(2)13-36(3)14-18-7-10-25-32-24(16-37(25)15-18)26(38)35-27-33-22-9-8-20(12-23(22)34-27)19-5-4-6-21(11-19)28(29,30)31/h4-12,15-17H,13-14H2,1-3H3,(H2,33,34,35,38). The van der Waals surface area contributed by atoms with Crippen LogP contribution >= 0.6 is 0 Å². The van der Waals surface area contributed by atoms with Crippen LogP contribution in [-0.4, -0.2) is 43.8 Å². The summed E-state index contributed by atoms with van der Waals surface area (Å²) in [6.07, 6.45) is -0.787. The number of H-pyrrole nitrogens is 1. The van der Waals surface area contributed by atoms with E-state index in [1.54, 1.807) is 30.5 Å². The monoisotopic (exact) mass is 520 g/mol. The number of alkyl halides is 3. The summed E-state index contributed by atoms with van der Waals surface area (Å²) in [5.41, 5.74) is 3.45. The molecule has 0 aliphatic heterocycles. The fourth-order valence-electron chi connectivity index (χ4n) is 4.53. The van der Waals surface area contributed by atoms with E-state index in [0.29, 0.717) is 33.7 Å². The lowest BCUT2D eigenvalue weighted by atomic mass is 10.0. The second-order valence-electron chi connectivity index (χ2n) is 9.87. The zero-order valence-corrected chi connectivity index (χ0v) is 21.2. The average molecular weight is 521 g/mol. The molecule has 0 aliphatic rings. The molecule has 7 nitrogen and oxygen atoms in total. The third-order valence-electron chi connectivity index (χ3n) is 6.11. The second kappa shape index (κ2) is 9.94. The van der Waals surface area contributed by atoms with Gasteiger partial charge < -0.3 is 14.3 Å². The van der Waals surface area contributed by atoms with Crippen LogP contribution in [0.4, 0.5) is 19.1 Å². The summed E-state index contributed by atoms with van der Waals surface area (Å²) in [6, 6.07) is 14.1. The maximum atomic E-state index is 13.1. The Bertz CT molecular complexity index is 1620. The summed E-state index contributed by atoms with van der Waals surface area (Å²) < 4.78 is 41.2. The van der Waals surface area contributed by atoms with Crippen molar-refractivity contribution in [3.05, 3.63) is 83.8 Å². The molecule has 196 valence electrons. The normalized spacial score (nSPS) is 12.2. The first kappa shape index (κ1) is 25.5. The molecule has 0 bridgehead atoms. The molecule has 2 N–H and O–H groups in total. The van der Waals surface area contributed by atoms with Crippen molar-refractivity contribution in [1.82, 2.24) is 24.3 Å². The molecule has 0 fully saturated rings. The fraction of sp³-hybridized carbons (Fsp3) is 0.250. The first-order valence-corrected chi connectivity index (χ1v) is 12.2. The van der Waals surface area contributed by atoms with E-state index in [9.17, 15) is 18.0 Å². The van der Waals surface area contributed by atoms with Crippen LogP contribution in [0.1, 0.15) is 35.5 Å². The van der Waals surface area contributed by atoms with Gasteiger partial charge >= 0.3 is 6.18 Å². The highest BCUT2D eigenvalue weighted by atomic mass is 19.4. The van der Waals surface area contributed by atoms with Gasteiger partial charge in [0.05, 0.1) is 16.6 Å². The number of rotatable bonds is 7. The van der Waals surface area contributed by atoms with Crippen LogP contribution in [0.3, 0.4) is 0 Å².